The number of hydrogen-bond donors (Lipinski definition) is 2. The molecule has 38 heavy (non-hydrogen) atoms. The lowest BCUT2D eigenvalue weighted by molar-refractivity contribution is -0.130. The standard InChI is InChI=1S/C27H32N8O3/c1-33(18-25(37)34-12-9-28-10-13-34)22-14-20(15-29-16-22)31-27-30-17-23(26(32-27)38-2)19-5-7-21(8-6-19)35-11-3-4-24(35)36/h5-8,14-17,28H,3-4,9-13,18H2,1-2H3,(H,30,31,32). The van der Waals surface area contributed by atoms with Gasteiger partial charge in [-0.05, 0) is 30.2 Å². The summed E-state index contributed by atoms with van der Waals surface area (Å²) in [5.41, 5.74) is 4.03. The number of nitrogens with zero attached hydrogens (tertiary/aromatic N) is 6. The van der Waals surface area contributed by atoms with Crippen molar-refractivity contribution in [2.75, 3.05) is 68.5 Å². The zero-order chi connectivity index (χ0) is 26.5. The Morgan fingerprint density at radius 2 is 1.92 bits per heavy atom. The molecule has 2 aliphatic rings. The van der Waals surface area contributed by atoms with Crippen molar-refractivity contribution in [2.24, 2.45) is 0 Å². The van der Waals surface area contributed by atoms with Gasteiger partial charge in [0.25, 0.3) is 0 Å². The smallest absolute Gasteiger partial charge is 0.242 e. The maximum atomic E-state index is 12.6. The molecule has 11 nitrogen and oxygen atoms in total. The van der Waals surface area contributed by atoms with E-state index < -0.39 is 0 Å². The number of carbonyl (C=O) groups is 2. The summed E-state index contributed by atoms with van der Waals surface area (Å²) in [6.07, 6.45) is 6.60. The van der Waals surface area contributed by atoms with Crippen LogP contribution in [0.25, 0.3) is 11.1 Å². The van der Waals surface area contributed by atoms with Crippen LogP contribution in [0.4, 0.5) is 23.0 Å². The lowest BCUT2D eigenvalue weighted by atomic mass is 10.1. The summed E-state index contributed by atoms with van der Waals surface area (Å²) in [5.74, 6) is 1.04. The lowest BCUT2D eigenvalue weighted by Gasteiger charge is -2.29. The van der Waals surface area contributed by atoms with Crippen LogP contribution >= 0.6 is 0 Å². The molecule has 4 heterocycles. The van der Waals surface area contributed by atoms with Gasteiger partial charge < -0.3 is 30.1 Å². The van der Waals surface area contributed by atoms with E-state index >= 15 is 0 Å². The third-order valence-corrected chi connectivity index (χ3v) is 6.77. The maximum absolute atomic E-state index is 12.6. The highest BCUT2D eigenvalue weighted by molar-refractivity contribution is 5.95. The first-order valence-corrected chi connectivity index (χ1v) is 12.8. The number of methoxy groups -OCH3 is 1. The van der Waals surface area contributed by atoms with E-state index in [1.807, 2.05) is 52.1 Å². The number of nitrogens with one attached hydrogen (secondary N) is 2. The van der Waals surface area contributed by atoms with Crippen LogP contribution in [-0.4, -0.2) is 85.1 Å². The van der Waals surface area contributed by atoms with Gasteiger partial charge in [-0.25, -0.2) is 4.98 Å². The zero-order valence-corrected chi connectivity index (χ0v) is 21.7. The number of piperazine rings is 1. The highest BCUT2D eigenvalue weighted by atomic mass is 16.5. The molecule has 0 spiro atoms. The molecular formula is C27H32N8O3. The first-order chi connectivity index (χ1) is 18.5. The van der Waals surface area contributed by atoms with Gasteiger partial charge in [-0.15, -0.1) is 0 Å². The van der Waals surface area contributed by atoms with E-state index in [0.717, 1.165) is 61.6 Å². The number of anilines is 4. The number of hydrogen-bond acceptors (Lipinski definition) is 9. The van der Waals surface area contributed by atoms with Crippen molar-refractivity contribution in [3.63, 3.8) is 0 Å². The number of ether oxygens (including phenoxy) is 1. The molecule has 11 heteroatoms. The van der Waals surface area contributed by atoms with Crippen LogP contribution in [0.3, 0.4) is 0 Å². The number of rotatable bonds is 8. The number of aromatic nitrogens is 3. The molecule has 2 amide bonds. The zero-order valence-electron chi connectivity index (χ0n) is 21.7. The number of amides is 2. The van der Waals surface area contributed by atoms with E-state index in [4.69, 9.17) is 4.74 Å². The van der Waals surface area contributed by atoms with Gasteiger partial charge in [0.15, 0.2) is 0 Å². The molecule has 198 valence electrons. The van der Waals surface area contributed by atoms with E-state index in [9.17, 15) is 9.59 Å². The molecule has 2 N–H and O–H groups in total. The molecule has 0 atom stereocenters. The molecule has 0 saturated carbocycles. The molecule has 2 aliphatic heterocycles. The van der Waals surface area contributed by atoms with Crippen molar-refractivity contribution >= 4 is 34.8 Å². The summed E-state index contributed by atoms with van der Waals surface area (Å²) in [4.78, 5) is 43.6. The lowest BCUT2D eigenvalue weighted by Crippen LogP contribution is -2.49. The highest BCUT2D eigenvalue weighted by Crippen LogP contribution is 2.31. The summed E-state index contributed by atoms with van der Waals surface area (Å²) in [7, 11) is 3.44. The molecule has 2 saturated heterocycles. The van der Waals surface area contributed by atoms with Crippen LogP contribution in [0.5, 0.6) is 5.88 Å². The van der Waals surface area contributed by atoms with Gasteiger partial charge in [0, 0.05) is 58.1 Å². The Balaban J connectivity index is 1.27. The molecule has 2 aromatic heterocycles. The minimum absolute atomic E-state index is 0.0936. The summed E-state index contributed by atoms with van der Waals surface area (Å²) in [6, 6.07) is 9.66. The molecule has 0 radical (unpaired) electrons. The average molecular weight is 517 g/mol. The van der Waals surface area contributed by atoms with Crippen LogP contribution in [0.15, 0.2) is 48.9 Å². The minimum Gasteiger partial charge on any atom is -0.480 e. The third kappa shape index (κ3) is 5.67. The van der Waals surface area contributed by atoms with Crippen molar-refractivity contribution in [3.8, 4) is 17.0 Å². The maximum Gasteiger partial charge on any atom is 0.242 e. The van der Waals surface area contributed by atoms with Crippen LogP contribution in [0.2, 0.25) is 0 Å². The van der Waals surface area contributed by atoms with Gasteiger partial charge in [-0.1, -0.05) is 12.1 Å². The second kappa shape index (κ2) is 11.4. The molecule has 0 bridgehead atoms. The van der Waals surface area contributed by atoms with E-state index in [0.29, 0.717) is 23.9 Å². The molecule has 3 aromatic rings. The first kappa shape index (κ1) is 25.4. The SMILES string of the molecule is COc1nc(Nc2cncc(N(C)CC(=O)N3CCNCC3)c2)ncc1-c1ccc(N2CCCC2=O)cc1. The predicted molar refractivity (Wildman–Crippen MR) is 146 cm³/mol. The molecule has 0 unspecified atom stereocenters. The van der Waals surface area contributed by atoms with Gasteiger partial charge in [-0.2, -0.15) is 4.98 Å². The number of benzene rings is 1. The molecule has 2 fully saturated rings. The fraction of sp³-hybridized carbons (Fsp3) is 0.370. The van der Waals surface area contributed by atoms with Crippen molar-refractivity contribution in [1.29, 1.82) is 0 Å². The van der Waals surface area contributed by atoms with Gasteiger partial charge in [0.2, 0.25) is 23.6 Å². The molecule has 1 aromatic carbocycles. The molecular weight excluding hydrogens is 484 g/mol. The summed E-state index contributed by atoms with van der Waals surface area (Å²) < 4.78 is 5.56. The summed E-state index contributed by atoms with van der Waals surface area (Å²) >= 11 is 0. The number of pyridine rings is 1. The van der Waals surface area contributed by atoms with Gasteiger partial charge in [0.05, 0.1) is 43.0 Å². The monoisotopic (exact) mass is 516 g/mol. The van der Waals surface area contributed by atoms with E-state index in [1.54, 1.807) is 25.7 Å². The molecule has 5 rings (SSSR count). The highest BCUT2D eigenvalue weighted by Gasteiger charge is 2.22. The summed E-state index contributed by atoms with van der Waals surface area (Å²) in [5, 5.41) is 6.44. The topological polar surface area (TPSA) is 116 Å². The second-order valence-electron chi connectivity index (χ2n) is 9.36. The van der Waals surface area contributed by atoms with Crippen molar-refractivity contribution in [3.05, 3.63) is 48.9 Å². The second-order valence-corrected chi connectivity index (χ2v) is 9.36. The van der Waals surface area contributed by atoms with E-state index in [2.05, 4.69) is 25.6 Å². The fourth-order valence-electron chi connectivity index (χ4n) is 4.66. The Hall–Kier alpha value is -4.25. The Kier molecular flexibility index (Phi) is 7.64. The van der Waals surface area contributed by atoms with Crippen molar-refractivity contribution < 1.29 is 14.3 Å². The van der Waals surface area contributed by atoms with Gasteiger partial charge in [0.1, 0.15) is 0 Å². The first-order valence-electron chi connectivity index (χ1n) is 12.8. The van der Waals surface area contributed by atoms with Crippen LogP contribution in [0.1, 0.15) is 12.8 Å². The third-order valence-electron chi connectivity index (χ3n) is 6.77. The molecule has 0 aliphatic carbocycles. The Morgan fingerprint density at radius 3 is 2.63 bits per heavy atom. The quantitative estimate of drug-likeness (QED) is 0.465. The largest absolute Gasteiger partial charge is 0.480 e. The van der Waals surface area contributed by atoms with Crippen molar-refractivity contribution in [2.45, 2.75) is 12.8 Å². The number of likely N-dealkylation sites (N-methyl/N-ethyl adjacent to an activating group) is 1. The van der Waals surface area contributed by atoms with E-state index in [1.165, 1.54) is 0 Å². The van der Waals surface area contributed by atoms with Gasteiger partial charge in [-0.3, -0.25) is 14.6 Å². The van der Waals surface area contributed by atoms with Crippen LogP contribution < -0.4 is 25.2 Å². The Morgan fingerprint density at radius 1 is 1.13 bits per heavy atom. The average Bonchev–Trinajstić information content (AvgIpc) is 3.39. The predicted octanol–water partition coefficient (Wildman–Crippen LogP) is 2.29. The van der Waals surface area contributed by atoms with Crippen molar-refractivity contribution in [1.82, 2.24) is 25.2 Å². The summed E-state index contributed by atoms with van der Waals surface area (Å²) in [6.45, 7) is 4.12. The minimum atomic E-state index is 0.0936. The van der Waals surface area contributed by atoms with Crippen LogP contribution in [0, 0.1) is 0 Å². The number of carbonyl (C=O) groups excluding carboxylic acids is 2. The Bertz CT molecular complexity index is 1290. The Labute approximate surface area is 221 Å². The van der Waals surface area contributed by atoms with E-state index in [-0.39, 0.29) is 18.4 Å². The fourth-order valence-corrected chi connectivity index (χ4v) is 4.66. The van der Waals surface area contributed by atoms with Gasteiger partial charge >= 0.3 is 0 Å². The van der Waals surface area contributed by atoms with Crippen LogP contribution in [-0.2, 0) is 9.59 Å². The normalized spacial score (nSPS) is 15.5.